The van der Waals surface area contributed by atoms with Gasteiger partial charge in [-0.2, -0.15) is 13.1 Å². The monoisotopic (exact) mass is 583 g/mol. The molecule has 0 aliphatic rings. The Morgan fingerprint density at radius 3 is 2.37 bits per heavy atom. The minimum Gasteiger partial charge on any atom is -0.497 e. The van der Waals surface area contributed by atoms with Crippen molar-refractivity contribution in [1.82, 2.24) is 14.8 Å². The number of aromatic nitrogens is 3. The molecule has 204 valence electrons. The molecule has 0 bridgehead atoms. The van der Waals surface area contributed by atoms with Crippen molar-refractivity contribution in [1.29, 1.82) is 0 Å². The molecule has 0 aliphatic heterocycles. The summed E-state index contributed by atoms with van der Waals surface area (Å²) < 4.78 is 41.2. The van der Waals surface area contributed by atoms with Crippen LogP contribution in [0.2, 0.25) is 0 Å². The molecule has 0 radical (unpaired) electrons. The number of rotatable bonds is 7. The highest BCUT2D eigenvalue weighted by Crippen LogP contribution is 2.35. The van der Waals surface area contributed by atoms with E-state index in [4.69, 9.17) is 4.74 Å². The van der Waals surface area contributed by atoms with Gasteiger partial charge in [0.15, 0.2) is 5.69 Å². The average molecular weight is 584 g/mol. The Labute approximate surface area is 238 Å². The number of thiazole rings is 1. The molecule has 0 amide bonds. The van der Waals surface area contributed by atoms with E-state index in [0.717, 1.165) is 11.3 Å². The zero-order valence-electron chi connectivity index (χ0n) is 21.4. The van der Waals surface area contributed by atoms with Gasteiger partial charge in [0.25, 0.3) is 10.1 Å². The first-order chi connectivity index (χ1) is 19.8. The lowest BCUT2D eigenvalue weighted by Crippen LogP contribution is -2.13. The highest BCUT2D eigenvalue weighted by Gasteiger charge is 2.22. The molecule has 4 aromatic carbocycles. The predicted octanol–water partition coefficient (Wildman–Crippen LogP) is 6.78. The topological polar surface area (TPSA) is 139 Å². The highest BCUT2D eigenvalue weighted by molar-refractivity contribution is 7.86. The minimum absolute atomic E-state index is 0.0492. The largest absolute Gasteiger partial charge is 0.497 e. The number of H-pyrrole nitrogens is 1. The van der Waals surface area contributed by atoms with Gasteiger partial charge in [0.1, 0.15) is 16.3 Å². The van der Waals surface area contributed by atoms with Crippen LogP contribution in [0, 0.1) is 0 Å². The predicted molar refractivity (Wildman–Crippen MR) is 157 cm³/mol. The summed E-state index contributed by atoms with van der Waals surface area (Å²) in [7, 11) is -3.07. The van der Waals surface area contributed by atoms with Crippen molar-refractivity contribution in [2.75, 3.05) is 7.11 Å². The lowest BCUT2D eigenvalue weighted by atomic mass is 10.1. The molecule has 0 unspecified atom stereocenters. The second-order valence-electron chi connectivity index (χ2n) is 8.90. The zero-order chi connectivity index (χ0) is 28.6. The minimum atomic E-state index is -4.66. The molecule has 10 nitrogen and oxygen atoms in total. The number of benzene rings is 4. The van der Waals surface area contributed by atoms with E-state index >= 15 is 0 Å². The maximum absolute atomic E-state index is 13.7. The van der Waals surface area contributed by atoms with E-state index in [1.54, 1.807) is 49.6 Å². The van der Waals surface area contributed by atoms with E-state index in [0.29, 0.717) is 27.5 Å². The van der Waals surface area contributed by atoms with E-state index in [1.165, 1.54) is 22.1 Å². The quantitative estimate of drug-likeness (QED) is 0.157. The van der Waals surface area contributed by atoms with Crippen LogP contribution in [0.4, 0.5) is 11.4 Å². The van der Waals surface area contributed by atoms with Crippen LogP contribution in [-0.2, 0) is 10.1 Å². The summed E-state index contributed by atoms with van der Waals surface area (Å²) in [6, 6.07) is 26.3. The molecular formula is C29H21N5O5S2. The fourth-order valence-electron chi connectivity index (χ4n) is 4.41. The van der Waals surface area contributed by atoms with Crippen LogP contribution in [0.15, 0.2) is 116 Å². The highest BCUT2D eigenvalue weighted by atomic mass is 32.2. The molecule has 2 heterocycles. The molecule has 0 fully saturated rings. The average Bonchev–Trinajstić information content (AvgIpc) is 3.60. The second-order valence-corrected chi connectivity index (χ2v) is 11.1. The Bertz CT molecular complexity index is 2080. The van der Waals surface area contributed by atoms with E-state index in [1.807, 2.05) is 47.8 Å². The molecule has 0 saturated carbocycles. The Morgan fingerprint density at radius 1 is 0.902 bits per heavy atom. The normalized spacial score (nSPS) is 11.9. The van der Waals surface area contributed by atoms with Crippen LogP contribution < -0.4 is 10.3 Å². The summed E-state index contributed by atoms with van der Waals surface area (Å²) in [6.07, 6.45) is 0. The number of ether oxygens (including phenoxy) is 1. The molecule has 2 aromatic heterocycles. The third-order valence-electron chi connectivity index (χ3n) is 6.37. The molecular weight excluding hydrogens is 562 g/mol. The van der Waals surface area contributed by atoms with Crippen molar-refractivity contribution in [2.24, 2.45) is 10.2 Å². The molecule has 0 spiro atoms. The molecule has 12 heteroatoms. The van der Waals surface area contributed by atoms with Gasteiger partial charge in [0.2, 0.25) is 5.13 Å². The van der Waals surface area contributed by atoms with Crippen molar-refractivity contribution in [3.63, 3.8) is 0 Å². The van der Waals surface area contributed by atoms with Gasteiger partial charge in [-0.1, -0.05) is 60.7 Å². The molecule has 6 aromatic rings. The van der Waals surface area contributed by atoms with E-state index in [-0.39, 0.29) is 21.7 Å². The third kappa shape index (κ3) is 5.07. The number of aromatic amines is 1. The van der Waals surface area contributed by atoms with E-state index in [2.05, 4.69) is 20.3 Å². The standard InChI is InChI=1S/C29H21N5O5S2/c1-39-21-14-11-19(12-15-21)24-17-40-29(30-24)34-28(35)26(25(33-34)20-8-3-2-4-9-20)32-31-23-16-13-18-7-5-6-10-22(18)27(23)41(36,37)38/h2-17,33H,1H3,(H,36,37,38). The maximum atomic E-state index is 13.7. The zero-order valence-corrected chi connectivity index (χ0v) is 23.1. The van der Waals surface area contributed by atoms with Crippen LogP contribution >= 0.6 is 11.3 Å². The third-order valence-corrected chi connectivity index (χ3v) is 8.14. The van der Waals surface area contributed by atoms with Gasteiger partial charge in [-0.05, 0) is 35.7 Å². The molecule has 41 heavy (non-hydrogen) atoms. The fourth-order valence-corrected chi connectivity index (χ4v) is 6.04. The number of hydrogen-bond donors (Lipinski definition) is 2. The molecule has 6 rings (SSSR count). The van der Waals surface area contributed by atoms with Gasteiger partial charge in [-0.25, -0.2) is 4.98 Å². The Balaban J connectivity index is 1.47. The van der Waals surface area contributed by atoms with Gasteiger partial charge in [-0.3, -0.25) is 14.4 Å². The van der Waals surface area contributed by atoms with Gasteiger partial charge >= 0.3 is 5.56 Å². The van der Waals surface area contributed by atoms with Gasteiger partial charge in [0.05, 0.1) is 18.5 Å². The lowest BCUT2D eigenvalue weighted by molar-refractivity contribution is 0.415. The molecule has 0 atom stereocenters. The summed E-state index contributed by atoms with van der Waals surface area (Å²) >= 11 is 1.27. The van der Waals surface area contributed by atoms with Crippen LogP contribution in [0.5, 0.6) is 5.75 Å². The first-order valence-corrected chi connectivity index (χ1v) is 14.6. The smallest absolute Gasteiger partial charge is 0.301 e. The van der Waals surface area contributed by atoms with E-state index in [9.17, 15) is 17.8 Å². The Morgan fingerprint density at radius 2 is 1.63 bits per heavy atom. The molecule has 0 saturated heterocycles. The lowest BCUT2D eigenvalue weighted by Gasteiger charge is -2.06. The van der Waals surface area contributed by atoms with Crippen LogP contribution in [0.1, 0.15) is 0 Å². The van der Waals surface area contributed by atoms with Crippen LogP contribution in [-0.4, -0.2) is 34.8 Å². The van der Waals surface area contributed by atoms with Crippen molar-refractivity contribution in [2.45, 2.75) is 4.90 Å². The maximum Gasteiger partial charge on any atom is 0.301 e. The summed E-state index contributed by atoms with van der Waals surface area (Å²) in [5.74, 6) is 0.718. The van der Waals surface area contributed by atoms with Gasteiger partial charge in [-0.15, -0.1) is 21.6 Å². The summed E-state index contributed by atoms with van der Waals surface area (Å²) in [4.78, 5) is 17.9. The summed E-state index contributed by atoms with van der Waals surface area (Å²) in [5.41, 5.74) is 1.88. The molecule has 0 aliphatic carbocycles. The van der Waals surface area contributed by atoms with Crippen LogP contribution in [0.25, 0.3) is 38.4 Å². The first-order valence-electron chi connectivity index (χ1n) is 12.3. The van der Waals surface area contributed by atoms with Crippen molar-refractivity contribution < 1.29 is 17.7 Å². The van der Waals surface area contributed by atoms with Crippen molar-refractivity contribution in [3.8, 4) is 33.4 Å². The molecule has 2 N–H and O–H groups in total. The first kappa shape index (κ1) is 26.3. The number of fused-ring (bicyclic) bond motifs is 1. The number of nitrogens with one attached hydrogen (secondary N) is 1. The van der Waals surface area contributed by atoms with Gasteiger partial charge < -0.3 is 4.74 Å². The number of methoxy groups -OCH3 is 1. The SMILES string of the molecule is COc1ccc(-c2csc(-n3[nH]c(-c4ccccc4)c(N=Nc4ccc5ccccc5c4S(=O)(=O)O)c3=O)n2)cc1. The summed E-state index contributed by atoms with van der Waals surface area (Å²) in [6.45, 7) is 0. The summed E-state index contributed by atoms with van der Waals surface area (Å²) in [5, 5.41) is 14.5. The van der Waals surface area contributed by atoms with Crippen molar-refractivity contribution in [3.05, 3.63) is 107 Å². The second kappa shape index (κ2) is 10.6. The van der Waals surface area contributed by atoms with Gasteiger partial charge in [0, 0.05) is 21.9 Å². The number of hydrogen-bond acceptors (Lipinski definition) is 8. The number of nitrogens with zero attached hydrogens (tertiary/aromatic N) is 4. The number of azo groups is 1. The van der Waals surface area contributed by atoms with Crippen molar-refractivity contribution >= 4 is 43.6 Å². The Kier molecular flexibility index (Phi) is 6.79. The van der Waals surface area contributed by atoms with Crippen LogP contribution in [0.3, 0.4) is 0 Å². The van der Waals surface area contributed by atoms with E-state index < -0.39 is 15.7 Å². The Hall–Kier alpha value is -4.91. The fraction of sp³-hybridized carbons (Fsp3) is 0.0345.